The molecule has 504 valence electrons. The highest BCUT2D eigenvalue weighted by molar-refractivity contribution is 5.80. The quantitative estimate of drug-likeness (QED) is 0.0586. The number of hydrogen-bond acceptors (Lipinski definition) is 14. The van der Waals surface area contributed by atoms with Gasteiger partial charge in [-0.15, -0.1) is 0 Å². The van der Waals surface area contributed by atoms with Crippen molar-refractivity contribution < 1.29 is 61.8 Å². The van der Waals surface area contributed by atoms with Gasteiger partial charge in [0.25, 0.3) is 5.79 Å². The molecular formula is C76H112N2O13. The fourth-order valence-corrected chi connectivity index (χ4v) is 20.9. The number of nitrogens with two attached hydrogens (primary N) is 1. The lowest BCUT2D eigenvalue weighted by atomic mass is 9.32. The maximum absolute atomic E-state index is 16.9. The van der Waals surface area contributed by atoms with Crippen LogP contribution in [-0.2, 0) is 75.0 Å². The monoisotopic (exact) mass is 1260 g/mol. The van der Waals surface area contributed by atoms with E-state index in [1.807, 2.05) is 57.2 Å². The first-order chi connectivity index (χ1) is 43.2. The van der Waals surface area contributed by atoms with Crippen molar-refractivity contribution in [2.75, 3.05) is 13.2 Å². The second-order valence-electron chi connectivity index (χ2n) is 32.6. The average molecular weight is 1260 g/mol. The van der Waals surface area contributed by atoms with Gasteiger partial charge >= 0.3 is 5.97 Å². The lowest BCUT2D eigenvalue weighted by molar-refractivity contribution is -0.465. The topological polar surface area (TPSA) is 182 Å². The normalized spacial score (nSPS) is 46.1. The number of carbonyl (C=O) groups excluding carboxylic acids is 3. The second kappa shape index (κ2) is 25.4. The predicted octanol–water partition coefficient (Wildman–Crippen LogP) is 13.2. The highest BCUT2D eigenvalue weighted by Gasteiger charge is 2.77. The zero-order chi connectivity index (χ0) is 64.8. The lowest BCUT2D eigenvalue weighted by Gasteiger charge is -2.72. The van der Waals surface area contributed by atoms with E-state index in [0.29, 0.717) is 56.8 Å². The van der Waals surface area contributed by atoms with E-state index in [1.54, 1.807) is 0 Å². The Morgan fingerprint density at radius 3 is 2.08 bits per heavy atom. The Hall–Kier alpha value is -3.61. The highest BCUT2D eigenvalue weighted by Crippen LogP contribution is 2.77. The van der Waals surface area contributed by atoms with E-state index >= 15 is 4.79 Å². The lowest BCUT2D eigenvalue weighted by Crippen LogP contribution is -2.82. The summed E-state index contributed by atoms with van der Waals surface area (Å²) in [7, 11) is 0. The van der Waals surface area contributed by atoms with E-state index in [4.69, 9.17) is 53.1 Å². The fraction of sp³-hybridized carbons (Fsp3) is 0.776. The number of hydrogen-bond donors (Lipinski definition) is 2. The van der Waals surface area contributed by atoms with Crippen molar-refractivity contribution in [1.82, 2.24) is 5.32 Å². The van der Waals surface area contributed by atoms with Crippen molar-refractivity contribution in [3.8, 4) is 0 Å². The van der Waals surface area contributed by atoms with E-state index in [0.717, 1.165) is 81.8 Å². The van der Waals surface area contributed by atoms with Gasteiger partial charge in [0, 0.05) is 23.7 Å². The van der Waals surface area contributed by atoms with Crippen molar-refractivity contribution >= 4 is 18.2 Å². The average Bonchev–Trinajstić information content (AvgIpc) is 0.743. The van der Waals surface area contributed by atoms with Crippen molar-refractivity contribution in [1.29, 1.82) is 0 Å². The number of rotatable bonds is 19. The molecule has 2 aromatic carbocycles. The van der Waals surface area contributed by atoms with Gasteiger partial charge in [0.1, 0.15) is 30.7 Å². The summed E-state index contributed by atoms with van der Waals surface area (Å²) >= 11 is 0. The standard InChI is InChI=1S/C76H112N2O13/c1-15-54-59(78-58(80)29-23-18-24-38-77)47(4)61-65(86-54)76(90-61,91-68(81)75-37-36-69(7,8)40-53(75)52-30-31-57-71(11)34-32-45(2)72(12,44-79)56(71)33-35-73(57,13)74(52,14)39-46(75)3)66-64-63(88-70(9,10)89-64)62(49(6)85-66)87-67-48(5)60(83-42-51-27-21-17-22-28-51)55(43-84-67)82-41-50-25-19-16-20-26-50/h16-17,19-22,25-28,30,44-49,53-57,59-67H,15,18,23-24,29,31-43,77H2,1-14H3,(H,78,80)/t45-,46-,47?,48?,49+,53?,54-,55?,56+,57?,59?,60?,61?,62?,63?,64?,65+,66+,67-,71?,72-,73-,74+,75?,76?/m0/s1. The summed E-state index contributed by atoms with van der Waals surface area (Å²) in [6.07, 6.45) is 8.53. The van der Waals surface area contributed by atoms with Crippen molar-refractivity contribution in [3.63, 3.8) is 0 Å². The smallest absolute Gasteiger partial charge is 0.315 e. The van der Waals surface area contributed by atoms with E-state index in [9.17, 15) is 9.59 Å². The molecule has 14 unspecified atom stereocenters. The Balaban J connectivity index is 0.876. The number of esters is 1. The first-order valence-electron chi connectivity index (χ1n) is 35.5. The minimum absolute atomic E-state index is 0.00826. The van der Waals surface area contributed by atoms with Crippen LogP contribution < -0.4 is 11.1 Å². The molecular weight excluding hydrogens is 1150 g/mol. The van der Waals surface area contributed by atoms with Crippen LogP contribution in [-0.4, -0.2) is 116 Å². The molecule has 15 heteroatoms. The fourth-order valence-electron chi connectivity index (χ4n) is 20.9. The van der Waals surface area contributed by atoms with Crippen LogP contribution in [0.1, 0.15) is 198 Å². The Labute approximate surface area is 544 Å². The third-order valence-corrected chi connectivity index (χ3v) is 26.5. The SMILES string of the molecule is CC[C@@H]1O[C@@H]2C(OC2(OC(=O)C23CCC(C)(C)CC2C2=CCC4C5(C)CC[C@H](C)[C@](C)(C=O)[C@@H]5CC[C@]4(C)[C@]2(C)C[C@@H]3C)[C@@H]2O[C@H](C)C(O[C@@H]3OCC(OCc4ccccc4)C(OCc4ccccc4)C3C)C3OC(C)(C)OC32)C(C)C1NC(=O)CCCCCN. The van der Waals surface area contributed by atoms with Crippen LogP contribution in [0.2, 0.25) is 0 Å². The van der Waals surface area contributed by atoms with Crippen LogP contribution in [0.3, 0.4) is 0 Å². The Morgan fingerprint density at radius 2 is 1.40 bits per heavy atom. The van der Waals surface area contributed by atoms with Gasteiger partial charge in [0.2, 0.25) is 5.91 Å². The van der Waals surface area contributed by atoms with Crippen LogP contribution in [0.25, 0.3) is 0 Å². The number of benzene rings is 2. The van der Waals surface area contributed by atoms with Crippen LogP contribution in [0.15, 0.2) is 72.3 Å². The summed E-state index contributed by atoms with van der Waals surface area (Å²) < 4.78 is 71.4. The third kappa shape index (κ3) is 11.5. The van der Waals surface area contributed by atoms with E-state index in [1.165, 1.54) is 11.9 Å². The summed E-state index contributed by atoms with van der Waals surface area (Å²) in [5, 5.41) is 3.37. The van der Waals surface area contributed by atoms with Gasteiger partial charge < -0.3 is 63.2 Å². The van der Waals surface area contributed by atoms with Gasteiger partial charge in [0.05, 0.1) is 55.7 Å². The molecule has 4 saturated carbocycles. The van der Waals surface area contributed by atoms with Crippen LogP contribution in [0.4, 0.5) is 0 Å². The molecule has 0 spiro atoms. The second-order valence-corrected chi connectivity index (χ2v) is 32.6. The van der Waals surface area contributed by atoms with E-state index < -0.39 is 78.2 Å². The zero-order valence-corrected chi connectivity index (χ0v) is 57.5. The molecule has 5 saturated heterocycles. The van der Waals surface area contributed by atoms with Crippen LogP contribution in [0.5, 0.6) is 0 Å². The number of fused-ring (bicyclic) bond motifs is 9. The number of nitrogens with one attached hydrogen (secondary N) is 1. The minimum Gasteiger partial charge on any atom is -0.427 e. The predicted molar refractivity (Wildman–Crippen MR) is 346 cm³/mol. The summed E-state index contributed by atoms with van der Waals surface area (Å²) in [4.78, 5) is 43.9. The molecule has 5 aliphatic heterocycles. The molecule has 10 aliphatic rings. The maximum atomic E-state index is 16.9. The zero-order valence-electron chi connectivity index (χ0n) is 57.5. The number of carbonyl (C=O) groups is 3. The Bertz CT molecular complexity index is 2940. The molecule has 2 aromatic rings. The molecule has 15 nitrogen and oxygen atoms in total. The van der Waals surface area contributed by atoms with Crippen LogP contribution >= 0.6 is 0 Å². The number of ether oxygens (including phenoxy) is 10. The van der Waals surface area contributed by atoms with Crippen molar-refractivity contribution in [2.45, 2.75) is 285 Å². The molecule has 12 rings (SSSR count). The third-order valence-electron chi connectivity index (χ3n) is 26.5. The van der Waals surface area contributed by atoms with E-state index in [-0.39, 0.29) is 81.4 Å². The van der Waals surface area contributed by atoms with Gasteiger partial charge in [-0.05, 0) is 167 Å². The molecule has 91 heavy (non-hydrogen) atoms. The molecule has 0 aromatic heterocycles. The molecule has 0 radical (unpaired) electrons. The molecule has 5 aliphatic carbocycles. The molecule has 5 heterocycles. The largest absolute Gasteiger partial charge is 0.427 e. The van der Waals surface area contributed by atoms with Gasteiger partial charge in [-0.1, -0.05) is 155 Å². The van der Waals surface area contributed by atoms with Gasteiger partial charge in [-0.2, -0.15) is 0 Å². The number of allylic oxidation sites excluding steroid dienone is 2. The van der Waals surface area contributed by atoms with Gasteiger partial charge in [-0.25, -0.2) is 0 Å². The first kappa shape index (κ1) is 67.4. The Kier molecular flexibility index (Phi) is 18.8. The van der Waals surface area contributed by atoms with E-state index in [2.05, 4.69) is 112 Å². The number of unbranched alkanes of at least 4 members (excludes halogenated alkanes) is 2. The minimum atomic E-state index is -1.79. The summed E-state index contributed by atoms with van der Waals surface area (Å²) in [5.74, 6) is -2.81. The van der Waals surface area contributed by atoms with Crippen molar-refractivity contribution in [3.05, 3.63) is 83.4 Å². The first-order valence-corrected chi connectivity index (χ1v) is 35.5. The number of amides is 1. The summed E-state index contributed by atoms with van der Waals surface area (Å²) in [6.45, 7) is 33.0. The van der Waals surface area contributed by atoms with Gasteiger partial charge in [-0.3, -0.25) is 9.59 Å². The number of aldehydes is 1. The summed E-state index contributed by atoms with van der Waals surface area (Å²) in [6, 6.07) is 20.0. The van der Waals surface area contributed by atoms with Gasteiger partial charge in [0.15, 0.2) is 24.3 Å². The molecule has 3 N–H and O–H groups in total. The summed E-state index contributed by atoms with van der Waals surface area (Å²) in [5.41, 5.74) is 7.81. The highest BCUT2D eigenvalue weighted by atomic mass is 16.8. The molecule has 0 bridgehead atoms. The van der Waals surface area contributed by atoms with Crippen LogP contribution in [0, 0.1) is 73.9 Å². The Morgan fingerprint density at radius 1 is 0.714 bits per heavy atom. The molecule has 1 amide bonds. The van der Waals surface area contributed by atoms with Crippen molar-refractivity contribution in [2.24, 2.45) is 79.6 Å². The molecule has 25 atom stereocenters. The maximum Gasteiger partial charge on any atom is 0.315 e. The molecule has 9 fully saturated rings.